The molecule has 31 heavy (non-hydrogen) atoms. The smallest absolute Gasteiger partial charge is 0.263 e. The first kappa shape index (κ1) is 23.5. The van der Waals surface area contributed by atoms with Crippen LogP contribution in [0.4, 0.5) is 5.69 Å². The van der Waals surface area contributed by atoms with Crippen molar-refractivity contribution < 1.29 is 17.9 Å². The Morgan fingerprint density at radius 3 is 2.65 bits per heavy atom. The van der Waals surface area contributed by atoms with Crippen molar-refractivity contribution in [2.75, 3.05) is 51.3 Å². The van der Waals surface area contributed by atoms with Crippen LogP contribution in [0.25, 0.3) is 0 Å². The summed E-state index contributed by atoms with van der Waals surface area (Å²) in [7, 11) is -2.39. The quantitative estimate of drug-likeness (QED) is 0.563. The molecule has 1 N–H and O–H groups in total. The molecule has 1 fully saturated rings. The van der Waals surface area contributed by atoms with E-state index in [0.717, 1.165) is 12.1 Å². The van der Waals surface area contributed by atoms with Gasteiger partial charge in [0.2, 0.25) is 5.03 Å². The van der Waals surface area contributed by atoms with Crippen molar-refractivity contribution >= 4 is 33.2 Å². The molecule has 2 heterocycles. The fraction of sp³-hybridized carbons (Fsp3) is 0.500. The second-order valence-corrected chi connectivity index (χ2v) is 9.52. The highest BCUT2D eigenvalue weighted by atomic mass is 35.5. The predicted octanol–water partition coefficient (Wildman–Crippen LogP) is 1.83. The van der Waals surface area contributed by atoms with Crippen molar-refractivity contribution in [1.82, 2.24) is 19.4 Å². The van der Waals surface area contributed by atoms with E-state index < -0.39 is 15.9 Å². The maximum absolute atomic E-state index is 13.4. The zero-order valence-corrected chi connectivity index (χ0v) is 19.3. The molecule has 1 aliphatic heterocycles. The molecule has 0 atom stereocenters. The van der Waals surface area contributed by atoms with Gasteiger partial charge in [-0.1, -0.05) is 24.6 Å². The lowest BCUT2D eigenvalue weighted by Gasteiger charge is -2.35. The fourth-order valence-electron chi connectivity index (χ4n) is 3.44. The number of nitrogens with one attached hydrogen (secondary N) is 1. The molecule has 11 heteroatoms. The van der Waals surface area contributed by atoms with Crippen LogP contribution >= 0.6 is 11.6 Å². The summed E-state index contributed by atoms with van der Waals surface area (Å²) in [4.78, 5) is 14.7. The number of anilines is 1. The van der Waals surface area contributed by atoms with E-state index in [2.05, 4.69) is 15.3 Å². The minimum absolute atomic E-state index is 0.0572. The van der Waals surface area contributed by atoms with Crippen molar-refractivity contribution in [2.24, 2.45) is 0 Å². The van der Waals surface area contributed by atoms with Gasteiger partial charge in [-0.15, -0.1) is 0 Å². The van der Waals surface area contributed by atoms with E-state index in [9.17, 15) is 13.2 Å². The molecule has 1 amide bonds. The number of sulfonamides is 1. The average Bonchev–Trinajstić information content (AvgIpc) is 3.19. The van der Waals surface area contributed by atoms with E-state index in [-0.39, 0.29) is 17.1 Å². The topological polar surface area (TPSA) is 96.8 Å². The lowest BCUT2D eigenvalue weighted by molar-refractivity contribution is 0.0933. The zero-order chi connectivity index (χ0) is 22.4. The van der Waals surface area contributed by atoms with Crippen LogP contribution in [0.3, 0.4) is 0 Å². The predicted molar refractivity (Wildman–Crippen MR) is 119 cm³/mol. The van der Waals surface area contributed by atoms with Crippen LogP contribution in [0.2, 0.25) is 5.02 Å². The number of piperazine rings is 1. The maximum Gasteiger partial charge on any atom is 0.263 e. The second-order valence-electron chi connectivity index (χ2n) is 7.23. The Morgan fingerprint density at radius 1 is 1.26 bits per heavy atom. The highest BCUT2D eigenvalue weighted by molar-refractivity contribution is 7.89. The van der Waals surface area contributed by atoms with Crippen molar-refractivity contribution in [3.05, 3.63) is 41.0 Å². The molecule has 170 valence electrons. The summed E-state index contributed by atoms with van der Waals surface area (Å²) in [6, 6.07) is 7.48. The van der Waals surface area contributed by atoms with Crippen LogP contribution in [-0.2, 0) is 21.3 Å². The number of ether oxygens (including phenoxy) is 1. The molecule has 1 saturated heterocycles. The molecule has 0 bridgehead atoms. The number of aryl methyl sites for hydroxylation is 1. The Morgan fingerprint density at radius 2 is 2.00 bits per heavy atom. The van der Waals surface area contributed by atoms with Gasteiger partial charge in [0.15, 0.2) is 0 Å². The van der Waals surface area contributed by atoms with Gasteiger partial charge in [-0.05, 0) is 24.6 Å². The van der Waals surface area contributed by atoms with E-state index in [0.29, 0.717) is 44.4 Å². The number of rotatable bonds is 9. The highest BCUT2D eigenvalue weighted by Gasteiger charge is 2.34. The van der Waals surface area contributed by atoms with Crippen molar-refractivity contribution in [1.29, 1.82) is 0 Å². The molecule has 1 aromatic carbocycles. The molecule has 3 rings (SSSR count). The van der Waals surface area contributed by atoms with Crippen LogP contribution in [0, 0.1) is 0 Å². The van der Waals surface area contributed by atoms with E-state index in [1.807, 2.05) is 25.1 Å². The first-order chi connectivity index (χ1) is 14.9. The monoisotopic (exact) mass is 469 g/mol. The minimum Gasteiger partial charge on any atom is -0.383 e. The third-order valence-electron chi connectivity index (χ3n) is 5.01. The number of aromatic nitrogens is 2. The molecule has 0 unspecified atom stereocenters. The van der Waals surface area contributed by atoms with Crippen LogP contribution in [0.5, 0.6) is 0 Å². The largest absolute Gasteiger partial charge is 0.383 e. The van der Waals surface area contributed by atoms with E-state index >= 15 is 0 Å². The summed E-state index contributed by atoms with van der Waals surface area (Å²) in [6.45, 7) is 4.73. The molecule has 0 spiro atoms. The van der Waals surface area contributed by atoms with Gasteiger partial charge in [0.1, 0.15) is 0 Å². The average molecular weight is 470 g/mol. The SMILES string of the molecule is CCCn1cc(C(=O)NCCOC)c(S(=O)(=O)N2CCN(c3cccc(Cl)c3)CC2)n1. The first-order valence-corrected chi connectivity index (χ1v) is 12.0. The normalized spacial score (nSPS) is 15.3. The molecule has 0 saturated carbocycles. The molecular weight excluding hydrogens is 442 g/mol. The number of hydrogen-bond donors (Lipinski definition) is 1. The number of hydrogen-bond acceptors (Lipinski definition) is 6. The Hall–Kier alpha value is -2.14. The summed E-state index contributed by atoms with van der Waals surface area (Å²) in [6.07, 6.45) is 2.27. The fourth-order valence-corrected chi connectivity index (χ4v) is 5.14. The van der Waals surface area contributed by atoms with Gasteiger partial charge in [-0.25, -0.2) is 8.42 Å². The Kier molecular flexibility index (Phi) is 7.93. The zero-order valence-electron chi connectivity index (χ0n) is 17.8. The number of halogens is 1. The Balaban J connectivity index is 1.78. The number of amides is 1. The lowest BCUT2D eigenvalue weighted by Crippen LogP contribution is -2.49. The van der Waals surface area contributed by atoms with Gasteiger partial charge in [0, 0.05) is 63.3 Å². The van der Waals surface area contributed by atoms with Crippen molar-refractivity contribution in [3.8, 4) is 0 Å². The summed E-state index contributed by atoms with van der Waals surface area (Å²) in [5, 5.41) is 7.37. The van der Waals surface area contributed by atoms with Gasteiger partial charge in [-0.2, -0.15) is 9.40 Å². The van der Waals surface area contributed by atoms with Gasteiger partial charge in [0.05, 0.1) is 12.2 Å². The summed E-state index contributed by atoms with van der Waals surface area (Å²) in [5.41, 5.74) is 1.01. The van der Waals surface area contributed by atoms with Gasteiger partial charge in [0.25, 0.3) is 15.9 Å². The first-order valence-electron chi connectivity index (χ1n) is 10.2. The van der Waals surface area contributed by atoms with Crippen LogP contribution < -0.4 is 10.2 Å². The molecule has 1 aliphatic rings. The Labute approximate surface area is 188 Å². The van der Waals surface area contributed by atoms with Crippen LogP contribution in [-0.4, -0.2) is 74.9 Å². The summed E-state index contributed by atoms with van der Waals surface area (Å²) >= 11 is 6.08. The summed E-state index contributed by atoms with van der Waals surface area (Å²) in [5.74, 6) is -0.476. The molecule has 0 radical (unpaired) electrons. The van der Waals surface area contributed by atoms with E-state index in [4.69, 9.17) is 16.3 Å². The van der Waals surface area contributed by atoms with Gasteiger partial charge < -0.3 is 15.0 Å². The van der Waals surface area contributed by atoms with Gasteiger partial charge >= 0.3 is 0 Å². The number of carbonyl (C=O) groups is 1. The highest BCUT2D eigenvalue weighted by Crippen LogP contribution is 2.24. The lowest BCUT2D eigenvalue weighted by atomic mass is 10.2. The standard InChI is InChI=1S/C20H28ClN5O4S/c1-3-8-25-15-18(19(27)22-7-13-30-2)20(23-25)31(28,29)26-11-9-24(10-12-26)17-6-4-5-16(21)14-17/h4-6,14-15H,3,7-13H2,1-2H3,(H,22,27). The molecular formula is C20H28ClN5O4S. The third-order valence-corrected chi connectivity index (χ3v) is 7.08. The van der Waals surface area contributed by atoms with E-state index in [1.54, 1.807) is 6.07 Å². The van der Waals surface area contributed by atoms with Gasteiger partial charge in [-0.3, -0.25) is 9.48 Å². The molecule has 2 aromatic rings. The number of methoxy groups -OCH3 is 1. The minimum atomic E-state index is -3.92. The van der Waals surface area contributed by atoms with Crippen molar-refractivity contribution in [3.63, 3.8) is 0 Å². The third kappa shape index (κ3) is 5.57. The van der Waals surface area contributed by atoms with Crippen LogP contribution in [0.1, 0.15) is 23.7 Å². The summed E-state index contributed by atoms with van der Waals surface area (Å²) < 4.78 is 34.6. The van der Waals surface area contributed by atoms with Crippen molar-refractivity contribution in [2.45, 2.75) is 24.9 Å². The number of carbonyl (C=O) groups excluding carboxylic acids is 1. The van der Waals surface area contributed by atoms with E-state index in [1.165, 1.54) is 22.3 Å². The number of nitrogens with zero attached hydrogens (tertiary/aromatic N) is 4. The van der Waals surface area contributed by atoms with Crippen LogP contribution in [0.15, 0.2) is 35.5 Å². The Bertz CT molecular complexity index is 1000. The second kappa shape index (κ2) is 10.4. The maximum atomic E-state index is 13.4. The molecule has 0 aliphatic carbocycles. The molecule has 1 aromatic heterocycles. The number of benzene rings is 1. The molecule has 9 nitrogen and oxygen atoms in total.